The van der Waals surface area contributed by atoms with Crippen LogP contribution in [0.15, 0.2) is 42.7 Å². The number of carbonyl (C=O) groups excluding carboxylic acids is 1. The highest BCUT2D eigenvalue weighted by molar-refractivity contribution is 6.33. The first-order valence-corrected chi connectivity index (χ1v) is 11.2. The molecule has 3 heterocycles. The van der Waals surface area contributed by atoms with Crippen LogP contribution in [0, 0.1) is 5.92 Å². The summed E-state index contributed by atoms with van der Waals surface area (Å²) in [6.07, 6.45) is -0.115. The van der Waals surface area contributed by atoms with Crippen LogP contribution in [-0.4, -0.2) is 45.7 Å². The summed E-state index contributed by atoms with van der Waals surface area (Å²) in [5, 5.41) is 11.8. The Balaban J connectivity index is 1.68. The average Bonchev–Trinajstić information content (AvgIpc) is 2.84. The molecule has 1 saturated heterocycles. The summed E-state index contributed by atoms with van der Waals surface area (Å²) < 4.78 is 39.0. The van der Waals surface area contributed by atoms with Crippen LogP contribution in [0.4, 0.5) is 19.1 Å². The van der Waals surface area contributed by atoms with Gasteiger partial charge in [0.15, 0.2) is 0 Å². The molecule has 178 valence electrons. The number of aromatic nitrogens is 4. The molecule has 1 aromatic carbocycles. The molecule has 0 unspecified atom stereocenters. The van der Waals surface area contributed by atoms with E-state index in [-0.39, 0.29) is 11.8 Å². The maximum absolute atomic E-state index is 13.0. The van der Waals surface area contributed by atoms with Crippen molar-refractivity contribution in [2.75, 3.05) is 24.5 Å². The normalized spacial score (nSPS) is 14.8. The fraction of sp³-hybridized carbons (Fsp3) is 0.348. The van der Waals surface area contributed by atoms with E-state index in [9.17, 15) is 18.0 Å². The predicted octanol–water partition coefficient (Wildman–Crippen LogP) is 4.63. The van der Waals surface area contributed by atoms with Gasteiger partial charge in [-0.25, -0.2) is 4.98 Å². The first-order valence-electron chi connectivity index (χ1n) is 10.8. The van der Waals surface area contributed by atoms with Gasteiger partial charge in [-0.3, -0.25) is 9.78 Å². The van der Waals surface area contributed by atoms with Crippen molar-refractivity contribution in [1.82, 2.24) is 25.5 Å². The number of pyridine rings is 1. The zero-order valence-corrected chi connectivity index (χ0v) is 19.1. The number of hydrogen-bond donors (Lipinski definition) is 1. The molecule has 1 fully saturated rings. The minimum atomic E-state index is -4.44. The van der Waals surface area contributed by atoms with E-state index < -0.39 is 11.7 Å². The first kappa shape index (κ1) is 23.9. The van der Waals surface area contributed by atoms with E-state index in [4.69, 9.17) is 16.6 Å². The second-order valence-electron chi connectivity index (χ2n) is 7.90. The Hall–Kier alpha value is -3.27. The highest BCUT2D eigenvalue weighted by atomic mass is 35.5. The molecule has 0 saturated carbocycles. The van der Waals surface area contributed by atoms with Crippen molar-refractivity contribution in [2.24, 2.45) is 5.92 Å². The molecule has 1 aliphatic rings. The molecule has 3 aromatic rings. The number of halogens is 4. The number of amides is 1. The standard InChI is InChI=1S/C23H22ClF3N6O/c1-2-29-21(34)15-8-11-33(12-9-15)22-30-20(17-7-10-28-13-18(17)24)19(31-32-22)14-3-5-16(6-4-14)23(25,26)27/h3-7,10,13,15H,2,8-9,11-12H2,1H3,(H,29,34). The Morgan fingerprint density at radius 3 is 2.44 bits per heavy atom. The number of nitrogens with one attached hydrogen (secondary N) is 1. The van der Waals surface area contributed by atoms with Crippen LogP contribution in [0.1, 0.15) is 25.3 Å². The van der Waals surface area contributed by atoms with Crippen LogP contribution < -0.4 is 10.2 Å². The molecule has 7 nitrogen and oxygen atoms in total. The minimum Gasteiger partial charge on any atom is -0.356 e. The Labute approximate surface area is 199 Å². The van der Waals surface area contributed by atoms with E-state index in [0.717, 1.165) is 12.1 Å². The van der Waals surface area contributed by atoms with Gasteiger partial charge >= 0.3 is 6.18 Å². The number of anilines is 1. The van der Waals surface area contributed by atoms with E-state index in [1.807, 2.05) is 11.8 Å². The summed E-state index contributed by atoms with van der Waals surface area (Å²) in [4.78, 5) is 22.8. The van der Waals surface area contributed by atoms with Crippen LogP contribution in [0.5, 0.6) is 0 Å². The summed E-state index contributed by atoms with van der Waals surface area (Å²) in [6.45, 7) is 3.63. The molecule has 2 aromatic heterocycles. The Morgan fingerprint density at radius 2 is 1.82 bits per heavy atom. The Kier molecular flexibility index (Phi) is 6.97. The maximum atomic E-state index is 13.0. The number of benzene rings is 1. The molecule has 34 heavy (non-hydrogen) atoms. The molecule has 0 spiro atoms. The van der Waals surface area contributed by atoms with Crippen molar-refractivity contribution in [3.05, 3.63) is 53.3 Å². The fourth-order valence-electron chi connectivity index (χ4n) is 3.88. The van der Waals surface area contributed by atoms with Crippen molar-refractivity contribution in [3.8, 4) is 22.5 Å². The quantitative estimate of drug-likeness (QED) is 0.561. The summed E-state index contributed by atoms with van der Waals surface area (Å²) in [6, 6.07) is 6.34. The zero-order chi connectivity index (χ0) is 24.3. The van der Waals surface area contributed by atoms with Gasteiger partial charge in [-0.15, -0.1) is 10.2 Å². The number of alkyl halides is 3. The van der Waals surface area contributed by atoms with Gasteiger partial charge in [0.25, 0.3) is 0 Å². The van der Waals surface area contributed by atoms with Crippen LogP contribution in [0.2, 0.25) is 5.02 Å². The third-order valence-corrected chi connectivity index (χ3v) is 5.99. The average molecular weight is 491 g/mol. The largest absolute Gasteiger partial charge is 0.416 e. The van der Waals surface area contributed by atoms with E-state index in [1.54, 1.807) is 12.3 Å². The molecule has 0 radical (unpaired) electrons. The van der Waals surface area contributed by atoms with Gasteiger partial charge in [0.05, 0.1) is 10.6 Å². The summed E-state index contributed by atoms with van der Waals surface area (Å²) in [7, 11) is 0. The molecular weight excluding hydrogens is 469 g/mol. The van der Waals surface area contributed by atoms with Gasteiger partial charge in [0.2, 0.25) is 11.9 Å². The van der Waals surface area contributed by atoms with Crippen molar-refractivity contribution in [3.63, 3.8) is 0 Å². The monoisotopic (exact) mass is 490 g/mol. The lowest BCUT2D eigenvalue weighted by Crippen LogP contribution is -2.41. The SMILES string of the molecule is CCNC(=O)C1CCN(c2nnc(-c3ccc(C(F)(F)F)cc3)c(-c3ccncc3Cl)n2)CC1. The number of nitrogens with zero attached hydrogens (tertiary/aromatic N) is 5. The highest BCUT2D eigenvalue weighted by Gasteiger charge is 2.31. The van der Waals surface area contributed by atoms with Gasteiger partial charge in [-0.05, 0) is 38.0 Å². The third kappa shape index (κ3) is 5.11. The molecule has 0 aliphatic carbocycles. The molecule has 11 heteroatoms. The van der Waals surface area contributed by atoms with Crippen molar-refractivity contribution in [1.29, 1.82) is 0 Å². The van der Waals surface area contributed by atoms with Crippen LogP contribution in [0.3, 0.4) is 0 Å². The van der Waals surface area contributed by atoms with Crippen LogP contribution in [-0.2, 0) is 11.0 Å². The van der Waals surface area contributed by atoms with Gasteiger partial charge < -0.3 is 10.2 Å². The molecule has 0 atom stereocenters. The van der Waals surface area contributed by atoms with Crippen molar-refractivity contribution < 1.29 is 18.0 Å². The van der Waals surface area contributed by atoms with Gasteiger partial charge in [-0.1, -0.05) is 23.7 Å². The lowest BCUT2D eigenvalue weighted by Gasteiger charge is -2.31. The third-order valence-electron chi connectivity index (χ3n) is 5.69. The predicted molar refractivity (Wildman–Crippen MR) is 122 cm³/mol. The highest BCUT2D eigenvalue weighted by Crippen LogP contribution is 2.36. The van der Waals surface area contributed by atoms with Gasteiger partial charge in [0.1, 0.15) is 11.4 Å². The zero-order valence-electron chi connectivity index (χ0n) is 18.3. The second-order valence-corrected chi connectivity index (χ2v) is 8.30. The van der Waals surface area contributed by atoms with Gasteiger partial charge in [-0.2, -0.15) is 13.2 Å². The minimum absolute atomic E-state index is 0.0445. The summed E-state index contributed by atoms with van der Waals surface area (Å²) in [5.41, 5.74) is 0.912. The van der Waals surface area contributed by atoms with Crippen molar-refractivity contribution in [2.45, 2.75) is 25.9 Å². The smallest absolute Gasteiger partial charge is 0.356 e. The molecule has 1 N–H and O–H groups in total. The molecule has 4 rings (SSSR count). The fourth-order valence-corrected chi connectivity index (χ4v) is 4.09. The lowest BCUT2D eigenvalue weighted by atomic mass is 9.96. The van der Waals surface area contributed by atoms with Crippen molar-refractivity contribution >= 4 is 23.5 Å². The number of piperidine rings is 1. The molecule has 1 aliphatic heterocycles. The van der Waals surface area contributed by atoms with E-state index in [1.165, 1.54) is 18.3 Å². The van der Waals surface area contributed by atoms with E-state index >= 15 is 0 Å². The molecule has 0 bridgehead atoms. The maximum Gasteiger partial charge on any atom is 0.416 e. The lowest BCUT2D eigenvalue weighted by molar-refractivity contribution is -0.137. The number of rotatable bonds is 5. The summed E-state index contributed by atoms with van der Waals surface area (Å²) >= 11 is 6.37. The summed E-state index contributed by atoms with van der Waals surface area (Å²) in [5.74, 6) is 0.348. The van der Waals surface area contributed by atoms with E-state index in [2.05, 4.69) is 20.5 Å². The first-order chi connectivity index (χ1) is 16.3. The molecular formula is C23H22ClF3N6O. The van der Waals surface area contributed by atoms with E-state index in [0.29, 0.717) is 66.0 Å². The van der Waals surface area contributed by atoms with Crippen LogP contribution >= 0.6 is 11.6 Å². The molecule has 1 amide bonds. The topological polar surface area (TPSA) is 83.9 Å². The number of hydrogen-bond acceptors (Lipinski definition) is 6. The number of carbonyl (C=O) groups is 1. The second kappa shape index (κ2) is 9.92. The van der Waals surface area contributed by atoms with Gasteiger partial charge in [0, 0.05) is 49.1 Å². The Morgan fingerprint density at radius 1 is 1.12 bits per heavy atom. The Bertz CT molecular complexity index is 1160. The van der Waals surface area contributed by atoms with Crippen LogP contribution in [0.25, 0.3) is 22.5 Å².